The van der Waals surface area contributed by atoms with E-state index in [1.807, 2.05) is 18.2 Å². The number of aromatic nitrogens is 1. The summed E-state index contributed by atoms with van der Waals surface area (Å²) in [6.07, 6.45) is 5.69. The molecule has 1 aromatic heterocycles. The number of hydrogen-bond acceptors (Lipinski definition) is 2. The van der Waals surface area contributed by atoms with Gasteiger partial charge in [-0.05, 0) is 90.5 Å². The number of carboxylic acid groups (broad SMARTS) is 1. The van der Waals surface area contributed by atoms with Crippen LogP contribution in [0.2, 0.25) is 0 Å². The van der Waals surface area contributed by atoms with Gasteiger partial charge in [-0.25, -0.2) is 4.79 Å². The van der Waals surface area contributed by atoms with E-state index in [1.165, 1.54) is 42.9 Å². The molecule has 0 radical (unpaired) electrons. The number of aromatic carboxylic acids is 1. The normalized spacial score (nSPS) is 15.7. The summed E-state index contributed by atoms with van der Waals surface area (Å²) in [7, 11) is 0. The van der Waals surface area contributed by atoms with Crippen LogP contribution in [-0.4, -0.2) is 16.1 Å². The lowest BCUT2D eigenvalue weighted by atomic mass is 9.83. The summed E-state index contributed by atoms with van der Waals surface area (Å²) in [5.74, 6) is -0.135. The van der Waals surface area contributed by atoms with Gasteiger partial charge < -0.3 is 5.11 Å². The van der Waals surface area contributed by atoms with Crippen molar-refractivity contribution >= 4 is 16.9 Å². The van der Waals surface area contributed by atoms with Crippen LogP contribution in [0, 0.1) is 0 Å². The van der Waals surface area contributed by atoms with Crippen molar-refractivity contribution in [2.75, 3.05) is 0 Å². The average Bonchev–Trinajstić information content (AvgIpc) is 3.52. The van der Waals surface area contributed by atoms with Crippen LogP contribution in [0.3, 0.4) is 0 Å². The molecule has 41 heavy (non-hydrogen) atoms. The van der Waals surface area contributed by atoms with Crippen molar-refractivity contribution in [2.24, 2.45) is 0 Å². The number of alkyl halides is 3. The van der Waals surface area contributed by atoms with Crippen molar-refractivity contribution in [1.29, 1.82) is 0 Å². The highest BCUT2D eigenvalue weighted by Crippen LogP contribution is 2.38. The zero-order chi connectivity index (χ0) is 29.0. The van der Waals surface area contributed by atoms with Gasteiger partial charge in [-0.15, -0.1) is 0 Å². The molecule has 1 heterocycles. The lowest BCUT2D eigenvalue weighted by Gasteiger charge is -2.22. The third-order valence-corrected chi connectivity index (χ3v) is 8.77. The van der Waals surface area contributed by atoms with Gasteiger partial charge in [-0.3, -0.25) is 4.98 Å². The van der Waals surface area contributed by atoms with Crippen LogP contribution in [0.15, 0.2) is 79.0 Å². The number of pyridine rings is 1. The molecule has 1 fully saturated rings. The van der Waals surface area contributed by atoms with Crippen LogP contribution in [0.5, 0.6) is 0 Å². The number of rotatable bonds is 10. The zero-order valence-corrected chi connectivity index (χ0v) is 23.3. The first-order chi connectivity index (χ1) is 19.7. The summed E-state index contributed by atoms with van der Waals surface area (Å²) in [4.78, 5) is 16.3. The lowest BCUT2D eigenvalue weighted by molar-refractivity contribution is -0.137. The molecule has 3 aromatic carbocycles. The van der Waals surface area contributed by atoms with Crippen molar-refractivity contribution in [3.05, 3.63) is 112 Å². The van der Waals surface area contributed by atoms with E-state index in [1.54, 1.807) is 18.3 Å². The number of hydrogen-bond donors (Lipinski definition) is 1. The molecule has 0 aliphatic heterocycles. The number of nitrogens with zero attached hydrogens (tertiary/aromatic N) is 1. The van der Waals surface area contributed by atoms with E-state index in [2.05, 4.69) is 36.2 Å². The van der Waals surface area contributed by atoms with Crippen LogP contribution in [0.1, 0.15) is 114 Å². The van der Waals surface area contributed by atoms with Crippen LogP contribution >= 0.6 is 0 Å². The Hall–Kier alpha value is -3.67. The topological polar surface area (TPSA) is 50.2 Å². The maximum atomic E-state index is 13.3. The highest BCUT2D eigenvalue weighted by Gasteiger charge is 2.30. The first-order valence-electron chi connectivity index (χ1n) is 14.6. The molecule has 4 aromatic rings. The molecule has 214 valence electrons. The van der Waals surface area contributed by atoms with Gasteiger partial charge in [0.1, 0.15) is 0 Å². The van der Waals surface area contributed by atoms with Crippen LogP contribution < -0.4 is 0 Å². The van der Waals surface area contributed by atoms with Gasteiger partial charge in [0.05, 0.1) is 16.6 Å². The minimum Gasteiger partial charge on any atom is -0.478 e. The van der Waals surface area contributed by atoms with Crippen molar-refractivity contribution in [2.45, 2.75) is 82.2 Å². The minimum atomic E-state index is -4.41. The first kappa shape index (κ1) is 28.8. The standard InChI is InChI=1S/C35H36F3NO2/c1-2-23(31-11-5-6-12-32(31)34(40)41)10-7-13-30(26-16-14-25(15-17-26)24-8-3-4-9-24)28-20-27-18-19-29(35(36,37)38)21-33(27)39-22-28/h5-6,11-12,14-24,30H,2-4,7-10,13H2,1H3,(H,40,41)/t23?,30-/m0/s1. The fourth-order valence-corrected chi connectivity index (χ4v) is 6.49. The van der Waals surface area contributed by atoms with E-state index in [9.17, 15) is 23.1 Å². The van der Waals surface area contributed by atoms with E-state index < -0.39 is 17.7 Å². The summed E-state index contributed by atoms with van der Waals surface area (Å²) >= 11 is 0. The highest BCUT2D eigenvalue weighted by atomic mass is 19.4. The molecule has 0 amide bonds. The van der Waals surface area contributed by atoms with Gasteiger partial charge >= 0.3 is 12.1 Å². The minimum absolute atomic E-state index is 0.0269. The van der Waals surface area contributed by atoms with Crippen molar-refractivity contribution in [3.63, 3.8) is 0 Å². The van der Waals surface area contributed by atoms with Crippen LogP contribution in [0.25, 0.3) is 10.9 Å². The lowest BCUT2D eigenvalue weighted by Crippen LogP contribution is -2.08. The van der Waals surface area contributed by atoms with E-state index in [4.69, 9.17) is 0 Å². The number of halogens is 3. The number of carboxylic acids is 1. The Morgan fingerprint density at radius 3 is 2.37 bits per heavy atom. The molecule has 0 spiro atoms. The van der Waals surface area contributed by atoms with Gasteiger partial charge in [0.25, 0.3) is 0 Å². The number of benzene rings is 3. The molecule has 6 heteroatoms. The van der Waals surface area contributed by atoms with E-state index in [0.717, 1.165) is 48.9 Å². The van der Waals surface area contributed by atoms with Crippen molar-refractivity contribution in [3.8, 4) is 0 Å². The molecular weight excluding hydrogens is 523 g/mol. The molecular formula is C35H36F3NO2. The summed E-state index contributed by atoms with van der Waals surface area (Å²) in [6, 6.07) is 21.8. The SMILES string of the molecule is CCC(CCC[C@@H](c1ccc(C2CCCC2)cc1)c1cnc2cc(C(F)(F)F)ccc2c1)c1ccccc1C(=O)O. The summed E-state index contributed by atoms with van der Waals surface area (Å²) in [6.45, 7) is 2.09. The summed E-state index contributed by atoms with van der Waals surface area (Å²) in [5.41, 5.74) is 4.37. The molecule has 0 bridgehead atoms. The monoisotopic (exact) mass is 559 g/mol. The maximum Gasteiger partial charge on any atom is 0.416 e. The number of carbonyl (C=O) groups is 1. The largest absolute Gasteiger partial charge is 0.478 e. The average molecular weight is 560 g/mol. The van der Waals surface area contributed by atoms with Crippen LogP contribution in [-0.2, 0) is 6.18 Å². The third kappa shape index (κ3) is 6.64. The Morgan fingerprint density at radius 2 is 1.68 bits per heavy atom. The molecule has 1 N–H and O–H groups in total. The molecule has 0 saturated heterocycles. The van der Waals surface area contributed by atoms with Gasteiger partial charge in [-0.2, -0.15) is 13.2 Å². The van der Waals surface area contributed by atoms with E-state index in [-0.39, 0.29) is 11.8 Å². The summed E-state index contributed by atoms with van der Waals surface area (Å²) < 4.78 is 39.8. The Kier molecular flexibility index (Phi) is 8.77. The van der Waals surface area contributed by atoms with Crippen molar-refractivity contribution < 1.29 is 23.1 Å². The van der Waals surface area contributed by atoms with E-state index in [0.29, 0.717) is 22.4 Å². The maximum absolute atomic E-state index is 13.3. The molecule has 2 atom stereocenters. The van der Waals surface area contributed by atoms with Gasteiger partial charge in [-0.1, -0.05) is 74.7 Å². The van der Waals surface area contributed by atoms with E-state index >= 15 is 0 Å². The fourth-order valence-electron chi connectivity index (χ4n) is 6.49. The fraction of sp³-hybridized carbons (Fsp3) is 0.371. The second-order valence-corrected chi connectivity index (χ2v) is 11.3. The van der Waals surface area contributed by atoms with Gasteiger partial charge in [0.15, 0.2) is 0 Å². The predicted octanol–water partition coefficient (Wildman–Crippen LogP) is 10.1. The smallest absolute Gasteiger partial charge is 0.416 e. The quantitative estimate of drug-likeness (QED) is 0.210. The molecule has 5 rings (SSSR count). The highest BCUT2D eigenvalue weighted by molar-refractivity contribution is 5.89. The third-order valence-electron chi connectivity index (χ3n) is 8.77. The number of fused-ring (bicyclic) bond motifs is 1. The second-order valence-electron chi connectivity index (χ2n) is 11.3. The first-order valence-corrected chi connectivity index (χ1v) is 14.6. The Labute approximate surface area is 239 Å². The predicted molar refractivity (Wildman–Crippen MR) is 157 cm³/mol. The van der Waals surface area contributed by atoms with Crippen molar-refractivity contribution in [1.82, 2.24) is 4.98 Å². The molecule has 1 saturated carbocycles. The zero-order valence-electron chi connectivity index (χ0n) is 23.3. The second kappa shape index (κ2) is 12.5. The Balaban J connectivity index is 1.42. The van der Waals surface area contributed by atoms with Gasteiger partial charge in [0.2, 0.25) is 0 Å². The summed E-state index contributed by atoms with van der Waals surface area (Å²) in [5, 5.41) is 10.4. The Bertz CT molecular complexity index is 1490. The Morgan fingerprint density at radius 1 is 0.951 bits per heavy atom. The van der Waals surface area contributed by atoms with Gasteiger partial charge in [0, 0.05) is 17.5 Å². The molecule has 1 aliphatic rings. The molecule has 3 nitrogen and oxygen atoms in total. The molecule has 1 aliphatic carbocycles. The van der Waals surface area contributed by atoms with Crippen LogP contribution in [0.4, 0.5) is 13.2 Å². The molecule has 1 unspecified atom stereocenters.